The number of benzene rings is 4. The van der Waals surface area contributed by atoms with Gasteiger partial charge < -0.3 is 30.2 Å². The Morgan fingerprint density at radius 1 is 0.833 bits per heavy atom. The highest BCUT2D eigenvalue weighted by Gasteiger charge is 2.29. The van der Waals surface area contributed by atoms with Gasteiger partial charge in [0.2, 0.25) is 5.91 Å². The monoisotopic (exact) mass is 642 g/mol. The van der Waals surface area contributed by atoms with Gasteiger partial charge in [0.25, 0.3) is 11.8 Å². The average Bonchev–Trinajstić information content (AvgIpc) is 3.71. The van der Waals surface area contributed by atoms with Gasteiger partial charge in [0.15, 0.2) is 6.61 Å². The Labute approximate surface area is 279 Å². The van der Waals surface area contributed by atoms with Crippen LogP contribution in [0, 0.1) is 0 Å². The molecule has 48 heavy (non-hydrogen) atoms. The second kappa shape index (κ2) is 14.0. The fraction of sp³-hybridized carbons (Fsp3) is 0.263. The number of hydrogen-bond acceptors (Lipinski definition) is 6. The van der Waals surface area contributed by atoms with E-state index in [-0.39, 0.29) is 30.9 Å². The third kappa shape index (κ3) is 7.02. The molecule has 244 valence electrons. The lowest BCUT2D eigenvalue weighted by Crippen LogP contribution is -2.39. The second-order valence-corrected chi connectivity index (χ2v) is 12.2. The summed E-state index contributed by atoms with van der Waals surface area (Å²) in [5.41, 5.74) is 7.46. The highest BCUT2D eigenvalue weighted by Crippen LogP contribution is 2.33. The molecule has 1 aromatic heterocycles. The number of H-pyrrole nitrogens is 1. The number of fused-ring (bicyclic) bond motifs is 2. The standard InChI is InChI=1S/C38H38N6O4/c45-35(39-18-17-26-7-3-1-4-8-26)23-40-36(46)25-48-31-13-9-27(10-14-31)37-41-33-16-12-30(22-34(33)42-37)44-24-28-21-29(11-15-32(28)38(44)47)43-19-5-2-6-20-43/h1,3-4,7-16,21-22H,2,5-6,17-20,23-25H2,(H,39,45)(H,40,46)(H,41,42). The molecule has 5 aromatic rings. The fourth-order valence-electron chi connectivity index (χ4n) is 6.30. The molecule has 3 heterocycles. The Kier molecular flexibility index (Phi) is 9.04. The predicted octanol–water partition coefficient (Wildman–Crippen LogP) is 5.23. The summed E-state index contributed by atoms with van der Waals surface area (Å²) < 4.78 is 5.63. The SMILES string of the molecule is O=C(CNC(=O)COc1ccc(-c2nc3cc(N4Cc5cc(N6CCCCC6)ccc5C4=O)ccc3[nH]2)cc1)NCCc1ccccc1. The van der Waals surface area contributed by atoms with Crippen molar-refractivity contribution in [3.05, 3.63) is 108 Å². The van der Waals surface area contributed by atoms with E-state index in [1.165, 1.54) is 24.9 Å². The van der Waals surface area contributed by atoms with E-state index in [1.54, 1.807) is 12.1 Å². The van der Waals surface area contributed by atoms with Crippen LogP contribution in [0.1, 0.15) is 40.7 Å². The molecule has 0 saturated carbocycles. The molecule has 3 N–H and O–H groups in total. The summed E-state index contributed by atoms with van der Waals surface area (Å²) in [5, 5.41) is 5.39. The first kappa shape index (κ1) is 31.0. The number of amides is 3. The number of imidazole rings is 1. The van der Waals surface area contributed by atoms with E-state index in [9.17, 15) is 14.4 Å². The van der Waals surface area contributed by atoms with Crippen LogP contribution in [-0.2, 0) is 22.6 Å². The molecule has 0 aliphatic carbocycles. The Morgan fingerprint density at radius 2 is 1.62 bits per heavy atom. The first-order valence-electron chi connectivity index (χ1n) is 16.5. The number of ether oxygens (including phenoxy) is 1. The second-order valence-electron chi connectivity index (χ2n) is 12.2. The average molecular weight is 643 g/mol. The summed E-state index contributed by atoms with van der Waals surface area (Å²) in [6, 6.07) is 29.3. The Hall–Kier alpha value is -5.64. The normalized spacial score (nSPS) is 14.2. The van der Waals surface area contributed by atoms with Crippen LogP contribution in [0.2, 0.25) is 0 Å². The number of anilines is 2. The minimum absolute atomic E-state index is 0.0108. The summed E-state index contributed by atoms with van der Waals surface area (Å²) in [6.45, 7) is 2.87. The van der Waals surface area contributed by atoms with Crippen molar-refractivity contribution >= 4 is 40.1 Å². The molecular weight excluding hydrogens is 604 g/mol. The molecule has 0 atom stereocenters. The minimum atomic E-state index is -0.382. The van der Waals surface area contributed by atoms with Gasteiger partial charge in [-0.3, -0.25) is 14.4 Å². The van der Waals surface area contributed by atoms with Crippen molar-refractivity contribution in [3.63, 3.8) is 0 Å². The molecule has 3 amide bonds. The highest BCUT2D eigenvalue weighted by atomic mass is 16.5. The lowest BCUT2D eigenvalue weighted by molar-refractivity contribution is -0.127. The van der Waals surface area contributed by atoms with E-state index in [0.29, 0.717) is 24.7 Å². The van der Waals surface area contributed by atoms with Gasteiger partial charge in [-0.1, -0.05) is 30.3 Å². The van der Waals surface area contributed by atoms with Crippen molar-refractivity contribution in [1.29, 1.82) is 0 Å². The highest BCUT2D eigenvalue weighted by molar-refractivity contribution is 6.10. The molecule has 4 aromatic carbocycles. The molecule has 1 saturated heterocycles. The number of piperidine rings is 1. The van der Waals surface area contributed by atoms with Crippen LogP contribution in [0.5, 0.6) is 5.75 Å². The number of aromatic nitrogens is 2. The topological polar surface area (TPSA) is 120 Å². The third-order valence-electron chi connectivity index (χ3n) is 8.91. The summed E-state index contributed by atoms with van der Waals surface area (Å²) in [4.78, 5) is 50.1. The molecule has 0 radical (unpaired) electrons. The molecule has 2 aliphatic heterocycles. The number of aromatic amines is 1. The molecule has 0 unspecified atom stereocenters. The Balaban J connectivity index is 0.915. The molecule has 0 bridgehead atoms. The lowest BCUT2D eigenvalue weighted by Gasteiger charge is -2.29. The molecule has 10 nitrogen and oxygen atoms in total. The predicted molar refractivity (Wildman–Crippen MR) is 186 cm³/mol. The van der Waals surface area contributed by atoms with E-state index in [4.69, 9.17) is 9.72 Å². The van der Waals surface area contributed by atoms with E-state index in [2.05, 4.69) is 32.7 Å². The maximum Gasteiger partial charge on any atom is 0.258 e. The van der Waals surface area contributed by atoms with E-state index in [0.717, 1.165) is 58.5 Å². The van der Waals surface area contributed by atoms with Crippen LogP contribution in [-0.4, -0.2) is 60.5 Å². The van der Waals surface area contributed by atoms with E-state index >= 15 is 0 Å². The number of rotatable bonds is 11. The fourth-order valence-corrected chi connectivity index (χ4v) is 6.30. The molecule has 10 heteroatoms. The molecular formula is C38H38N6O4. The quantitative estimate of drug-likeness (QED) is 0.182. The molecule has 0 spiro atoms. The zero-order valence-electron chi connectivity index (χ0n) is 26.7. The van der Waals surface area contributed by atoms with Crippen LogP contribution < -0.4 is 25.2 Å². The number of nitrogens with zero attached hydrogens (tertiary/aromatic N) is 3. The summed E-state index contributed by atoms with van der Waals surface area (Å²) in [5.74, 6) is 0.590. The molecule has 7 rings (SSSR count). The first-order valence-corrected chi connectivity index (χ1v) is 16.5. The zero-order valence-corrected chi connectivity index (χ0v) is 26.7. The van der Waals surface area contributed by atoms with Crippen molar-refractivity contribution in [2.45, 2.75) is 32.2 Å². The van der Waals surface area contributed by atoms with Crippen molar-refractivity contribution in [2.24, 2.45) is 0 Å². The first-order chi connectivity index (χ1) is 23.5. The van der Waals surface area contributed by atoms with Gasteiger partial charge >= 0.3 is 0 Å². The van der Waals surface area contributed by atoms with Crippen LogP contribution in [0.4, 0.5) is 11.4 Å². The Morgan fingerprint density at radius 3 is 2.44 bits per heavy atom. The smallest absolute Gasteiger partial charge is 0.258 e. The van der Waals surface area contributed by atoms with Gasteiger partial charge in [-0.15, -0.1) is 0 Å². The van der Waals surface area contributed by atoms with Gasteiger partial charge in [0.05, 0.1) is 24.1 Å². The zero-order chi connectivity index (χ0) is 32.9. The van der Waals surface area contributed by atoms with Gasteiger partial charge in [0, 0.05) is 42.1 Å². The van der Waals surface area contributed by atoms with Crippen molar-refractivity contribution < 1.29 is 19.1 Å². The molecule has 2 aliphatic rings. The number of nitrogens with one attached hydrogen (secondary N) is 3. The van der Waals surface area contributed by atoms with Gasteiger partial charge in [0.1, 0.15) is 11.6 Å². The largest absolute Gasteiger partial charge is 0.484 e. The summed E-state index contributed by atoms with van der Waals surface area (Å²) >= 11 is 0. The van der Waals surface area contributed by atoms with Gasteiger partial charge in [-0.25, -0.2) is 4.98 Å². The minimum Gasteiger partial charge on any atom is -0.484 e. The van der Waals surface area contributed by atoms with Gasteiger partial charge in [-0.2, -0.15) is 0 Å². The number of hydrogen-bond donors (Lipinski definition) is 3. The van der Waals surface area contributed by atoms with Gasteiger partial charge in [-0.05, 0) is 97.5 Å². The van der Waals surface area contributed by atoms with E-state index in [1.807, 2.05) is 71.6 Å². The Bertz CT molecular complexity index is 1930. The lowest BCUT2D eigenvalue weighted by atomic mass is 10.1. The van der Waals surface area contributed by atoms with Crippen LogP contribution in [0.25, 0.3) is 22.4 Å². The van der Waals surface area contributed by atoms with Crippen molar-refractivity contribution in [1.82, 2.24) is 20.6 Å². The maximum atomic E-state index is 13.4. The third-order valence-corrected chi connectivity index (χ3v) is 8.91. The van der Waals surface area contributed by atoms with Crippen LogP contribution in [0.15, 0.2) is 91.0 Å². The van der Waals surface area contributed by atoms with Crippen LogP contribution in [0.3, 0.4) is 0 Å². The van der Waals surface area contributed by atoms with Crippen molar-refractivity contribution in [2.75, 3.05) is 42.6 Å². The molecule has 1 fully saturated rings. The number of carbonyl (C=O) groups is 3. The number of carbonyl (C=O) groups excluding carboxylic acids is 3. The maximum absolute atomic E-state index is 13.4. The van der Waals surface area contributed by atoms with Crippen LogP contribution >= 0.6 is 0 Å². The van der Waals surface area contributed by atoms with Crippen molar-refractivity contribution in [3.8, 4) is 17.1 Å². The van der Waals surface area contributed by atoms with E-state index < -0.39 is 0 Å². The summed E-state index contributed by atoms with van der Waals surface area (Å²) in [6.07, 6.45) is 4.43. The summed E-state index contributed by atoms with van der Waals surface area (Å²) in [7, 11) is 0.